The van der Waals surface area contributed by atoms with E-state index in [0.717, 1.165) is 0 Å². The molecule has 0 heterocycles. The molecule has 0 saturated carbocycles. The Labute approximate surface area is 144 Å². The molecule has 0 atom stereocenters. The molecule has 134 valence electrons. The Balaban J connectivity index is 5.86. The standard InChI is InChI=1S/C11H18ClF3N3O3PS/c1-16(2)11(22-23,17(3)4)18(9(20)10(13,14)15)7-8(19)21-6-5-12/h5-7H2,1-4H3. The number of halogens is 4. The van der Waals surface area contributed by atoms with Gasteiger partial charge in [0.05, 0.1) is 5.88 Å². The number of esters is 1. The Morgan fingerprint density at radius 3 is 1.96 bits per heavy atom. The lowest BCUT2D eigenvalue weighted by molar-refractivity contribution is -0.201. The Morgan fingerprint density at radius 1 is 1.17 bits per heavy atom. The van der Waals surface area contributed by atoms with Gasteiger partial charge in [0.1, 0.15) is 13.2 Å². The molecule has 1 amide bonds. The summed E-state index contributed by atoms with van der Waals surface area (Å²) in [6, 6.07) is 0. The first-order chi connectivity index (χ1) is 10.4. The summed E-state index contributed by atoms with van der Waals surface area (Å²) in [5.41, 5.74) is -1.65. The number of amides is 1. The highest BCUT2D eigenvalue weighted by molar-refractivity contribution is 7.97. The minimum atomic E-state index is -5.16. The minimum absolute atomic E-state index is 0.000641. The molecule has 0 fully saturated rings. The lowest BCUT2D eigenvalue weighted by Gasteiger charge is -2.48. The quantitative estimate of drug-likeness (QED) is 0.267. The van der Waals surface area contributed by atoms with Crippen molar-refractivity contribution < 1.29 is 27.5 Å². The summed E-state index contributed by atoms with van der Waals surface area (Å²) in [7, 11) is 5.83. The van der Waals surface area contributed by atoms with Crippen molar-refractivity contribution in [2.45, 2.75) is 11.7 Å². The van der Waals surface area contributed by atoms with Crippen molar-refractivity contribution in [3.8, 4) is 0 Å². The van der Waals surface area contributed by atoms with Crippen LogP contribution in [0.4, 0.5) is 13.2 Å². The second kappa shape index (κ2) is 9.08. The van der Waals surface area contributed by atoms with Crippen molar-refractivity contribution in [3.05, 3.63) is 0 Å². The molecule has 12 heteroatoms. The van der Waals surface area contributed by atoms with Gasteiger partial charge in [-0.15, -0.1) is 11.6 Å². The molecule has 6 nitrogen and oxygen atoms in total. The van der Waals surface area contributed by atoms with E-state index < -0.39 is 30.1 Å². The van der Waals surface area contributed by atoms with Crippen LogP contribution >= 0.6 is 19.0 Å². The first-order valence-corrected chi connectivity index (χ1v) is 8.69. The third kappa shape index (κ3) is 5.49. The van der Waals surface area contributed by atoms with Crippen LogP contribution in [0.3, 0.4) is 0 Å². The highest BCUT2D eigenvalue weighted by Gasteiger charge is 2.53. The van der Waals surface area contributed by atoms with Gasteiger partial charge < -0.3 is 4.74 Å². The van der Waals surface area contributed by atoms with E-state index in [1.165, 1.54) is 38.0 Å². The van der Waals surface area contributed by atoms with Gasteiger partial charge in [0.2, 0.25) is 5.53 Å². The average molecular weight is 396 g/mol. The van der Waals surface area contributed by atoms with E-state index in [1.807, 2.05) is 0 Å². The van der Waals surface area contributed by atoms with Gasteiger partial charge in [0.25, 0.3) is 0 Å². The predicted octanol–water partition coefficient (Wildman–Crippen LogP) is 1.30. The number of nitrogens with zero attached hydrogens (tertiary/aromatic N) is 3. The number of carbonyl (C=O) groups is 2. The van der Waals surface area contributed by atoms with Crippen molar-refractivity contribution in [1.29, 1.82) is 0 Å². The Kier molecular flexibility index (Phi) is 8.86. The molecule has 0 radical (unpaired) electrons. The van der Waals surface area contributed by atoms with Crippen molar-refractivity contribution in [2.24, 2.45) is 0 Å². The normalized spacial score (nSPS) is 12.8. The van der Waals surface area contributed by atoms with Crippen molar-refractivity contribution in [1.82, 2.24) is 14.7 Å². The second-order valence-corrected chi connectivity index (χ2v) is 6.49. The fourth-order valence-corrected chi connectivity index (χ4v) is 3.83. The smallest absolute Gasteiger partial charge is 0.463 e. The van der Waals surface area contributed by atoms with Crippen LogP contribution in [-0.4, -0.2) is 85.5 Å². The number of hydrogen-bond acceptors (Lipinski definition) is 6. The summed E-state index contributed by atoms with van der Waals surface area (Å²) < 4.78 is 43.5. The number of alkyl halides is 4. The third-order valence-corrected chi connectivity index (χ3v) is 4.98. The van der Waals surface area contributed by atoms with Crippen LogP contribution in [0.15, 0.2) is 0 Å². The van der Waals surface area contributed by atoms with Gasteiger partial charge in [-0.3, -0.25) is 24.3 Å². The molecule has 0 aromatic heterocycles. The van der Waals surface area contributed by atoms with E-state index in [9.17, 15) is 22.8 Å². The molecule has 0 bridgehead atoms. The molecular formula is C11H18ClF3N3O3PS. The van der Waals surface area contributed by atoms with E-state index in [1.54, 1.807) is 0 Å². The van der Waals surface area contributed by atoms with E-state index in [4.69, 9.17) is 23.4 Å². The largest absolute Gasteiger partial charge is 0.471 e. The van der Waals surface area contributed by atoms with Crippen molar-refractivity contribution in [3.63, 3.8) is 0 Å². The zero-order valence-electron chi connectivity index (χ0n) is 13.1. The number of hydrogen-bond donors (Lipinski definition) is 0. The van der Waals surface area contributed by atoms with Gasteiger partial charge in [0, 0.05) is 7.36 Å². The van der Waals surface area contributed by atoms with Crippen LogP contribution in [0.2, 0.25) is 0 Å². The monoisotopic (exact) mass is 395 g/mol. The summed E-state index contributed by atoms with van der Waals surface area (Å²) >= 11 is 10.3. The average Bonchev–Trinajstić information content (AvgIpc) is 2.42. The van der Waals surface area contributed by atoms with Gasteiger partial charge >= 0.3 is 18.1 Å². The maximum atomic E-state index is 13.0. The number of ether oxygens (including phenoxy) is 1. The summed E-state index contributed by atoms with van der Waals surface area (Å²) in [5.74, 6) is -3.19. The first-order valence-electron chi connectivity index (χ1n) is 6.24. The summed E-state index contributed by atoms with van der Waals surface area (Å²) in [6.07, 6.45) is -5.16. The van der Waals surface area contributed by atoms with E-state index in [2.05, 4.69) is 4.74 Å². The van der Waals surface area contributed by atoms with Crippen molar-refractivity contribution >= 4 is 42.6 Å². The number of rotatable bonds is 8. The highest BCUT2D eigenvalue weighted by atomic mass is 35.5. The molecule has 0 rings (SSSR count). The predicted molar refractivity (Wildman–Crippen MR) is 83.8 cm³/mol. The zero-order chi connectivity index (χ0) is 18.4. The van der Waals surface area contributed by atoms with Crippen molar-refractivity contribution in [2.75, 3.05) is 47.2 Å². The molecule has 23 heavy (non-hydrogen) atoms. The molecule has 0 unspecified atom stereocenters. The lowest BCUT2D eigenvalue weighted by Crippen LogP contribution is -2.67. The topological polar surface area (TPSA) is 53.1 Å². The van der Waals surface area contributed by atoms with E-state index in [-0.39, 0.29) is 19.8 Å². The second-order valence-electron chi connectivity index (χ2n) is 4.78. The minimum Gasteiger partial charge on any atom is -0.463 e. The van der Waals surface area contributed by atoms with Crippen LogP contribution in [0.5, 0.6) is 0 Å². The van der Waals surface area contributed by atoms with Gasteiger partial charge in [-0.05, 0) is 28.2 Å². The molecule has 0 aliphatic heterocycles. The summed E-state index contributed by atoms with van der Waals surface area (Å²) in [4.78, 5) is 26.6. The molecule has 0 saturated heterocycles. The highest BCUT2D eigenvalue weighted by Crippen LogP contribution is 2.35. The van der Waals surface area contributed by atoms with Crippen LogP contribution < -0.4 is 0 Å². The van der Waals surface area contributed by atoms with Crippen LogP contribution in [0.25, 0.3) is 0 Å². The van der Waals surface area contributed by atoms with E-state index >= 15 is 0 Å². The summed E-state index contributed by atoms with van der Waals surface area (Å²) in [5, 5.41) is 0. The molecule has 0 aliphatic rings. The lowest BCUT2D eigenvalue weighted by atomic mass is 10.4. The maximum absolute atomic E-state index is 13.0. The zero-order valence-corrected chi connectivity index (χ0v) is 15.5. The third-order valence-electron chi connectivity index (χ3n) is 2.80. The van der Waals surface area contributed by atoms with Crippen LogP contribution in [-0.2, 0) is 26.1 Å². The summed E-state index contributed by atoms with van der Waals surface area (Å²) in [6.45, 7) is -1.08. The first kappa shape index (κ1) is 22.5. The molecule has 0 spiro atoms. The fraction of sp³-hybridized carbons (Fsp3) is 0.818. The Morgan fingerprint density at radius 2 is 1.65 bits per heavy atom. The molecular weight excluding hydrogens is 378 g/mol. The molecule has 0 aliphatic carbocycles. The SMILES string of the molecule is CN(C)C(P=S)(N(C)C)N(CC(=O)OCCCl)C(=O)C(F)(F)F. The number of carbonyl (C=O) groups excluding carboxylic acids is 2. The Bertz CT molecular complexity index is 444. The molecule has 0 aromatic rings. The van der Waals surface area contributed by atoms with Crippen LogP contribution in [0.1, 0.15) is 0 Å². The maximum Gasteiger partial charge on any atom is 0.471 e. The Hall–Kier alpha value is -0.540. The van der Waals surface area contributed by atoms with Gasteiger partial charge in [-0.25, -0.2) is 0 Å². The van der Waals surface area contributed by atoms with Gasteiger partial charge in [0.15, 0.2) is 0 Å². The van der Waals surface area contributed by atoms with Gasteiger partial charge in [-0.1, -0.05) is 11.8 Å². The fourth-order valence-electron chi connectivity index (χ4n) is 1.89. The molecule has 0 N–H and O–H groups in total. The molecule has 0 aromatic carbocycles. The van der Waals surface area contributed by atoms with E-state index in [0.29, 0.717) is 4.90 Å². The van der Waals surface area contributed by atoms with Crippen LogP contribution in [0, 0.1) is 0 Å². The van der Waals surface area contributed by atoms with Gasteiger partial charge in [-0.2, -0.15) is 13.2 Å².